The fourth-order valence-corrected chi connectivity index (χ4v) is 4.09. The third-order valence-electron chi connectivity index (χ3n) is 5.60. The van der Waals surface area contributed by atoms with Crippen molar-refractivity contribution in [1.29, 1.82) is 0 Å². The summed E-state index contributed by atoms with van der Waals surface area (Å²) >= 11 is 0. The lowest BCUT2D eigenvalue weighted by Gasteiger charge is -2.19. The summed E-state index contributed by atoms with van der Waals surface area (Å²) in [5.41, 5.74) is 4.20. The molecule has 1 amide bonds. The van der Waals surface area contributed by atoms with Gasteiger partial charge >= 0.3 is 0 Å². The first-order chi connectivity index (χ1) is 14.6. The molecule has 0 saturated carbocycles. The zero-order chi connectivity index (χ0) is 21.3. The predicted octanol–water partition coefficient (Wildman–Crippen LogP) is 4.11. The number of anilines is 1. The van der Waals surface area contributed by atoms with Crippen LogP contribution in [0.3, 0.4) is 0 Å². The van der Waals surface area contributed by atoms with Gasteiger partial charge in [-0.25, -0.2) is 0 Å². The summed E-state index contributed by atoms with van der Waals surface area (Å²) in [5.74, 6) is 2.12. The van der Waals surface area contributed by atoms with Crippen LogP contribution in [0.5, 0.6) is 17.2 Å². The molecule has 0 unspecified atom stereocenters. The summed E-state index contributed by atoms with van der Waals surface area (Å²) in [5, 5.41) is 5.05. The van der Waals surface area contributed by atoms with Gasteiger partial charge in [0.15, 0.2) is 24.2 Å². The Bertz CT molecular complexity index is 1120. The highest BCUT2D eigenvalue weighted by molar-refractivity contribution is 6.04. The minimum atomic E-state index is -0.00630. The number of aryl methyl sites for hydroxylation is 2. The van der Waals surface area contributed by atoms with Crippen LogP contribution >= 0.6 is 0 Å². The Labute approximate surface area is 176 Å². The maximum absolute atomic E-state index is 12.3. The number of benzene rings is 2. The zero-order valence-electron chi connectivity index (χ0n) is 17.9. The second-order valence-electron chi connectivity index (χ2n) is 7.41. The number of nitrogens with one attached hydrogen (secondary N) is 1. The van der Waals surface area contributed by atoms with Crippen molar-refractivity contribution in [1.82, 2.24) is 0 Å². The lowest BCUT2D eigenvalue weighted by molar-refractivity contribution is -0.686. The van der Waals surface area contributed by atoms with Crippen LogP contribution in [0, 0.1) is 0 Å². The van der Waals surface area contributed by atoms with E-state index in [1.54, 1.807) is 21.3 Å². The van der Waals surface area contributed by atoms with E-state index in [-0.39, 0.29) is 5.91 Å². The van der Waals surface area contributed by atoms with Crippen molar-refractivity contribution in [3.63, 3.8) is 0 Å². The molecule has 2 heterocycles. The number of pyridine rings is 1. The number of amides is 1. The normalized spacial score (nSPS) is 12.1. The molecular weight excluding hydrogens is 380 g/mol. The van der Waals surface area contributed by atoms with Crippen LogP contribution < -0.4 is 24.1 Å². The van der Waals surface area contributed by atoms with Gasteiger partial charge in [-0.15, -0.1) is 0 Å². The molecule has 6 nitrogen and oxygen atoms in total. The molecular formula is C24H27N2O4+. The minimum absolute atomic E-state index is 0.00630. The van der Waals surface area contributed by atoms with Gasteiger partial charge in [0.1, 0.15) is 5.75 Å². The van der Waals surface area contributed by atoms with Gasteiger partial charge in [-0.05, 0) is 35.6 Å². The Morgan fingerprint density at radius 1 is 1.03 bits per heavy atom. The van der Waals surface area contributed by atoms with E-state index < -0.39 is 0 Å². The van der Waals surface area contributed by atoms with E-state index in [2.05, 4.69) is 28.2 Å². The number of hydrogen-bond donors (Lipinski definition) is 1. The highest BCUT2D eigenvalue weighted by Gasteiger charge is 2.27. The zero-order valence-corrected chi connectivity index (χ0v) is 17.9. The molecule has 0 atom stereocenters. The smallest absolute Gasteiger partial charge is 0.224 e. The lowest BCUT2D eigenvalue weighted by atomic mass is 9.95. The highest BCUT2D eigenvalue weighted by Crippen LogP contribution is 2.39. The van der Waals surface area contributed by atoms with Crippen LogP contribution in [-0.2, 0) is 17.8 Å². The number of ether oxygens (including phenoxy) is 3. The monoisotopic (exact) mass is 407 g/mol. The maximum Gasteiger partial charge on any atom is 0.224 e. The molecule has 0 spiro atoms. The number of carbonyl (C=O) groups excluding carboxylic acids is 1. The molecule has 3 aromatic rings. The summed E-state index contributed by atoms with van der Waals surface area (Å²) in [6, 6.07) is 10.2. The molecule has 0 bridgehead atoms. The average molecular weight is 407 g/mol. The summed E-state index contributed by atoms with van der Waals surface area (Å²) in [6.45, 7) is 2.83. The molecule has 30 heavy (non-hydrogen) atoms. The second kappa shape index (κ2) is 8.22. The number of hydrogen-bond acceptors (Lipinski definition) is 4. The van der Waals surface area contributed by atoms with Crippen molar-refractivity contribution >= 4 is 22.4 Å². The van der Waals surface area contributed by atoms with Crippen LogP contribution in [0.1, 0.15) is 25.3 Å². The molecule has 156 valence electrons. The number of nitrogens with zero attached hydrogens (tertiary/aromatic N) is 1. The standard InChI is InChI=1S/C24H26N2O4/c1-5-6-23(27)25-24-18-14-26-10-9-16-12-21(29-3)22(30-4)13-17(16)19(26)11-15(18)7-8-20(24)28-2/h7-8,11-14H,5-6,9-10H2,1-4H3/p+1. The topological polar surface area (TPSA) is 60.7 Å². The third kappa shape index (κ3) is 3.43. The lowest BCUT2D eigenvalue weighted by Crippen LogP contribution is -2.40. The molecule has 0 saturated heterocycles. The molecule has 0 aliphatic carbocycles. The van der Waals surface area contributed by atoms with Crippen molar-refractivity contribution in [3.05, 3.63) is 42.1 Å². The average Bonchev–Trinajstić information content (AvgIpc) is 2.77. The van der Waals surface area contributed by atoms with E-state index in [1.807, 2.05) is 25.1 Å². The summed E-state index contributed by atoms with van der Waals surface area (Å²) in [4.78, 5) is 12.3. The predicted molar refractivity (Wildman–Crippen MR) is 116 cm³/mol. The van der Waals surface area contributed by atoms with Crippen molar-refractivity contribution < 1.29 is 23.6 Å². The van der Waals surface area contributed by atoms with Crippen molar-refractivity contribution in [2.24, 2.45) is 0 Å². The van der Waals surface area contributed by atoms with Crippen LogP contribution in [-0.4, -0.2) is 27.2 Å². The van der Waals surface area contributed by atoms with Crippen molar-refractivity contribution in [2.75, 3.05) is 26.6 Å². The van der Waals surface area contributed by atoms with Gasteiger partial charge in [-0.2, -0.15) is 4.57 Å². The molecule has 2 aromatic carbocycles. The summed E-state index contributed by atoms with van der Waals surface area (Å²) < 4.78 is 18.8. The highest BCUT2D eigenvalue weighted by atomic mass is 16.5. The Morgan fingerprint density at radius 2 is 1.77 bits per heavy atom. The first kappa shape index (κ1) is 20.0. The van der Waals surface area contributed by atoms with Gasteiger partial charge < -0.3 is 19.5 Å². The molecule has 0 fully saturated rings. The molecule has 1 aromatic heterocycles. The van der Waals surface area contributed by atoms with E-state index in [0.29, 0.717) is 17.9 Å². The van der Waals surface area contributed by atoms with Crippen LogP contribution in [0.25, 0.3) is 22.0 Å². The van der Waals surface area contributed by atoms with Crippen molar-refractivity contribution in [3.8, 4) is 28.5 Å². The van der Waals surface area contributed by atoms with Gasteiger partial charge in [-0.3, -0.25) is 4.79 Å². The number of carbonyl (C=O) groups is 1. The van der Waals surface area contributed by atoms with E-state index in [0.717, 1.165) is 52.9 Å². The molecule has 4 rings (SSSR count). The van der Waals surface area contributed by atoms with E-state index in [1.165, 1.54) is 5.56 Å². The second-order valence-corrected chi connectivity index (χ2v) is 7.41. The van der Waals surface area contributed by atoms with E-state index >= 15 is 0 Å². The van der Waals surface area contributed by atoms with Crippen LogP contribution in [0.2, 0.25) is 0 Å². The summed E-state index contributed by atoms with van der Waals surface area (Å²) in [7, 11) is 4.93. The van der Waals surface area contributed by atoms with Gasteiger partial charge in [0.05, 0.1) is 38.0 Å². The minimum Gasteiger partial charge on any atom is -0.495 e. The first-order valence-corrected chi connectivity index (χ1v) is 10.2. The van der Waals surface area contributed by atoms with Gasteiger partial charge in [0.2, 0.25) is 11.6 Å². The maximum atomic E-state index is 12.3. The largest absolute Gasteiger partial charge is 0.495 e. The SMILES string of the molecule is CCCC(=O)Nc1c(OC)ccc2cc3[n+](cc12)CCc1cc(OC)c(OC)cc1-3. The van der Waals surface area contributed by atoms with Crippen molar-refractivity contribution in [2.45, 2.75) is 32.7 Å². The number of fused-ring (bicyclic) bond motifs is 4. The Hall–Kier alpha value is -3.28. The number of rotatable bonds is 6. The van der Waals surface area contributed by atoms with E-state index in [9.17, 15) is 4.79 Å². The first-order valence-electron chi connectivity index (χ1n) is 10.2. The van der Waals surface area contributed by atoms with Gasteiger partial charge in [0, 0.05) is 18.9 Å². The number of aromatic nitrogens is 1. The van der Waals surface area contributed by atoms with Crippen LogP contribution in [0.15, 0.2) is 36.5 Å². The third-order valence-corrected chi connectivity index (χ3v) is 5.60. The van der Waals surface area contributed by atoms with E-state index in [4.69, 9.17) is 14.2 Å². The number of methoxy groups -OCH3 is 3. The fourth-order valence-electron chi connectivity index (χ4n) is 4.09. The molecule has 1 aliphatic heterocycles. The Morgan fingerprint density at radius 3 is 2.47 bits per heavy atom. The summed E-state index contributed by atoms with van der Waals surface area (Å²) in [6.07, 6.45) is 4.27. The quantitative estimate of drug-likeness (QED) is 0.625. The Balaban J connectivity index is 1.88. The van der Waals surface area contributed by atoms with Gasteiger partial charge in [-0.1, -0.05) is 13.0 Å². The molecule has 1 aliphatic rings. The fraction of sp³-hybridized carbons (Fsp3) is 0.333. The molecule has 6 heteroatoms. The molecule has 0 radical (unpaired) electrons. The molecule has 1 N–H and O–H groups in total. The van der Waals surface area contributed by atoms with Gasteiger partial charge in [0.25, 0.3) is 0 Å². The van der Waals surface area contributed by atoms with Crippen LogP contribution in [0.4, 0.5) is 5.69 Å². The Kier molecular flexibility index (Phi) is 5.48.